The minimum atomic E-state index is -1.23. The van der Waals surface area contributed by atoms with Crippen LogP contribution in [-0.2, 0) is 6.61 Å². The second kappa shape index (κ2) is 5.63. The van der Waals surface area contributed by atoms with Gasteiger partial charge in [-0.15, -0.1) is 0 Å². The van der Waals surface area contributed by atoms with Gasteiger partial charge < -0.3 is 9.84 Å². The third-order valence-corrected chi connectivity index (χ3v) is 2.85. The van der Waals surface area contributed by atoms with E-state index < -0.39 is 29.8 Å². The standard InChI is InChI=1S/C13H8BrF3O2/c14-8-4-10(16)12(17)11(5-8)19-13-7(6-18)2-1-3-9(13)15/h1-5,18H,6H2. The van der Waals surface area contributed by atoms with Crippen molar-refractivity contribution in [2.24, 2.45) is 0 Å². The molecule has 0 spiro atoms. The van der Waals surface area contributed by atoms with Gasteiger partial charge in [-0.2, -0.15) is 4.39 Å². The van der Waals surface area contributed by atoms with Gasteiger partial charge in [0.25, 0.3) is 0 Å². The van der Waals surface area contributed by atoms with Crippen LogP contribution < -0.4 is 4.74 Å². The summed E-state index contributed by atoms with van der Waals surface area (Å²) in [5, 5.41) is 9.08. The van der Waals surface area contributed by atoms with Gasteiger partial charge in [0, 0.05) is 10.0 Å². The van der Waals surface area contributed by atoms with Crippen molar-refractivity contribution in [1.29, 1.82) is 0 Å². The molecule has 0 saturated carbocycles. The quantitative estimate of drug-likeness (QED) is 0.855. The van der Waals surface area contributed by atoms with E-state index in [-0.39, 0.29) is 15.8 Å². The summed E-state index contributed by atoms with van der Waals surface area (Å²) in [6.45, 7) is -0.481. The molecule has 0 amide bonds. The van der Waals surface area contributed by atoms with E-state index in [2.05, 4.69) is 15.9 Å². The first-order chi connectivity index (χ1) is 9.02. The van der Waals surface area contributed by atoms with Crippen LogP contribution in [0.5, 0.6) is 11.5 Å². The van der Waals surface area contributed by atoms with E-state index in [1.54, 1.807) is 0 Å². The summed E-state index contributed by atoms with van der Waals surface area (Å²) in [7, 11) is 0. The lowest BCUT2D eigenvalue weighted by Crippen LogP contribution is -1.98. The predicted molar refractivity (Wildman–Crippen MR) is 66.5 cm³/mol. The molecule has 19 heavy (non-hydrogen) atoms. The Morgan fingerprint density at radius 1 is 1.11 bits per heavy atom. The Balaban J connectivity index is 2.47. The second-order valence-electron chi connectivity index (χ2n) is 3.69. The first kappa shape index (κ1) is 13.9. The molecule has 0 heterocycles. The molecule has 0 radical (unpaired) electrons. The molecule has 2 rings (SSSR count). The maximum Gasteiger partial charge on any atom is 0.201 e. The lowest BCUT2D eigenvalue weighted by Gasteiger charge is -2.11. The Hall–Kier alpha value is -1.53. The molecule has 0 aromatic heterocycles. The average Bonchev–Trinajstić information content (AvgIpc) is 2.37. The molecular weight excluding hydrogens is 325 g/mol. The second-order valence-corrected chi connectivity index (χ2v) is 4.60. The van der Waals surface area contributed by atoms with Crippen molar-refractivity contribution in [2.45, 2.75) is 6.61 Å². The SMILES string of the molecule is OCc1cccc(F)c1Oc1cc(Br)cc(F)c1F. The van der Waals surface area contributed by atoms with Gasteiger partial charge in [0.05, 0.1) is 6.61 Å². The Morgan fingerprint density at radius 3 is 2.53 bits per heavy atom. The first-order valence-electron chi connectivity index (χ1n) is 5.23. The molecule has 0 atom stereocenters. The number of ether oxygens (including phenoxy) is 1. The molecule has 0 aliphatic rings. The van der Waals surface area contributed by atoms with Crippen molar-refractivity contribution in [3.8, 4) is 11.5 Å². The molecule has 0 fully saturated rings. The van der Waals surface area contributed by atoms with Gasteiger partial charge in [0.2, 0.25) is 5.82 Å². The fraction of sp³-hybridized carbons (Fsp3) is 0.0769. The van der Waals surface area contributed by atoms with Crippen LogP contribution in [0.1, 0.15) is 5.56 Å². The monoisotopic (exact) mass is 332 g/mol. The number of para-hydroxylation sites is 1. The van der Waals surface area contributed by atoms with E-state index in [1.165, 1.54) is 18.2 Å². The number of hydrogen-bond acceptors (Lipinski definition) is 2. The van der Waals surface area contributed by atoms with Crippen molar-refractivity contribution in [3.05, 3.63) is 57.8 Å². The fourth-order valence-electron chi connectivity index (χ4n) is 1.51. The molecular formula is C13H8BrF3O2. The van der Waals surface area contributed by atoms with Gasteiger partial charge in [-0.25, -0.2) is 8.78 Å². The van der Waals surface area contributed by atoms with Crippen LogP contribution in [0.3, 0.4) is 0 Å². The van der Waals surface area contributed by atoms with Crippen LogP contribution in [0, 0.1) is 17.5 Å². The molecule has 0 aliphatic heterocycles. The molecule has 0 unspecified atom stereocenters. The van der Waals surface area contributed by atoms with Gasteiger partial charge in [0.15, 0.2) is 23.1 Å². The summed E-state index contributed by atoms with van der Waals surface area (Å²) in [5.74, 6) is -3.92. The maximum absolute atomic E-state index is 13.6. The largest absolute Gasteiger partial charge is 0.451 e. The molecule has 0 saturated heterocycles. The molecule has 1 N–H and O–H groups in total. The van der Waals surface area contributed by atoms with Crippen LogP contribution >= 0.6 is 15.9 Å². The number of benzene rings is 2. The minimum absolute atomic E-state index is 0.139. The lowest BCUT2D eigenvalue weighted by molar-refractivity contribution is 0.273. The van der Waals surface area contributed by atoms with E-state index in [0.29, 0.717) is 0 Å². The summed E-state index contributed by atoms with van der Waals surface area (Å²) in [6, 6.07) is 6.00. The molecule has 0 aliphatic carbocycles. The molecule has 6 heteroatoms. The first-order valence-corrected chi connectivity index (χ1v) is 6.03. The topological polar surface area (TPSA) is 29.5 Å². The Labute approximate surface area is 115 Å². The third-order valence-electron chi connectivity index (χ3n) is 2.39. The highest BCUT2D eigenvalue weighted by atomic mass is 79.9. The van der Waals surface area contributed by atoms with Crippen LogP contribution in [0.15, 0.2) is 34.8 Å². The van der Waals surface area contributed by atoms with Crippen LogP contribution in [0.25, 0.3) is 0 Å². The zero-order chi connectivity index (χ0) is 14.0. The highest BCUT2D eigenvalue weighted by molar-refractivity contribution is 9.10. The van der Waals surface area contributed by atoms with Crippen molar-refractivity contribution >= 4 is 15.9 Å². The average molecular weight is 333 g/mol. The van der Waals surface area contributed by atoms with Crippen LogP contribution in [0.4, 0.5) is 13.2 Å². The molecule has 100 valence electrons. The number of hydrogen-bond donors (Lipinski definition) is 1. The zero-order valence-electron chi connectivity index (χ0n) is 9.46. The highest BCUT2D eigenvalue weighted by Gasteiger charge is 2.16. The van der Waals surface area contributed by atoms with Gasteiger partial charge >= 0.3 is 0 Å². The van der Waals surface area contributed by atoms with E-state index in [4.69, 9.17) is 9.84 Å². The summed E-state index contributed by atoms with van der Waals surface area (Å²) in [4.78, 5) is 0. The Bertz CT molecular complexity index is 617. The zero-order valence-corrected chi connectivity index (χ0v) is 11.0. The van der Waals surface area contributed by atoms with Crippen LogP contribution in [0.2, 0.25) is 0 Å². The lowest BCUT2D eigenvalue weighted by atomic mass is 10.2. The van der Waals surface area contributed by atoms with Crippen molar-refractivity contribution in [3.63, 3.8) is 0 Å². The van der Waals surface area contributed by atoms with E-state index >= 15 is 0 Å². The minimum Gasteiger partial charge on any atom is -0.451 e. The van der Waals surface area contributed by atoms with Gasteiger partial charge in [0.1, 0.15) is 0 Å². The Kier molecular flexibility index (Phi) is 4.11. The summed E-state index contributed by atoms with van der Waals surface area (Å²) in [5.41, 5.74) is 0.139. The van der Waals surface area contributed by atoms with Crippen molar-refractivity contribution in [1.82, 2.24) is 0 Å². The van der Waals surface area contributed by atoms with E-state index in [1.807, 2.05) is 0 Å². The third kappa shape index (κ3) is 2.90. The number of rotatable bonds is 3. The number of halogens is 4. The van der Waals surface area contributed by atoms with Crippen molar-refractivity contribution in [2.75, 3.05) is 0 Å². The fourth-order valence-corrected chi connectivity index (χ4v) is 1.92. The van der Waals surface area contributed by atoms with Gasteiger partial charge in [-0.1, -0.05) is 28.1 Å². The number of aliphatic hydroxyl groups is 1. The van der Waals surface area contributed by atoms with Crippen LogP contribution in [-0.4, -0.2) is 5.11 Å². The highest BCUT2D eigenvalue weighted by Crippen LogP contribution is 2.33. The van der Waals surface area contributed by atoms with E-state index in [9.17, 15) is 13.2 Å². The summed E-state index contributed by atoms with van der Waals surface area (Å²) in [6.07, 6.45) is 0. The smallest absolute Gasteiger partial charge is 0.201 e. The molecule has 2 nitrogen and oxygen atoms in total. The number of aliphatic hydroxyl groups excluding tert-OH is 1. The predicted octanol–water partition coefficient (Wildman–Crippen LogP) is 4.15. The Morgan fingerprint density at radius 2 is 1.84 bits per heavy atom. The van der Waals surface area contributed by atoms with Gasteiger partial charge in [-0.05, 0) is 18.2 Å². The molecule has 0 bridgehead atoms. The van der Waals surface area contributed by atoms with Gasteiger partial charge in [-0.3, -0.25) is 0 Å². The normalized spacial score (nSPS) is 10.6. The maximum atomic E-state index is 13.6. The summed E-state index contributed by atoms with van der Waals surface area (Å²) >= 11 is 2.98. The molecule has 2 aromatic rings. The van der Waals surface area contributed by atoms with E-state index in [0.717, 1.165) is 12.1 Å². The van der Waals surface area contributed by atoms with Crippen molar-refractivity contribution < 1.29 is 23.0 Å². The summed E-state index contributed by atoms with van der Waals surface area (Å²) < 4.78 is 45.6. The molecule has 2 aromatic carbocycles.